The van der Waals surface area contributed by atoms with Crippen molar-refractivity contribution in [1.29, 1.82) is 0 Å². The molecule has 0 aliphatic heterocycles. The van der Waals surface area contributed by atoms with Crippen LogP contribution >= 0.6 is 0 Å². The lowest BCUT2D eigenvalue weighted by Gasteiger charge is -2.10. The number of nitrogens with two attached hydrogens (primary N) is 1. The molecule has 3 heteroatoms. The number of benzene rings is 4. The lowest BCUT2D eigenvalue weighted by atomic mass is 10.0. The number of hydrogen-bond acceptors (Lipinski definition) is 3. The predicted molar refractivity (Wildman–Crippen MR) is 118 cm³/mol. The standard InChI is InChI=1S/C13H11NO.C13H12O/c14-12-9-5-4-8-11(12)13(15)10-6-2-1-3-7-10;14-13(11-7-3-1-4-8-11)12-9-5-2-6-10-12/h1-9H,14H2;1-10,13-14H. The summed E-state index contributed by atoms with van der Waals surface area (Å²) in [6, 6.07) is 35.6. The Kier molecular flexibility index (Phi) is 6.93. The number of anilines is 1. The first kappa shape index (κ1) is 20.1. The molecule has 0 spiro atoms. The van der Waals surface area contributed by atoms with Gasteiger partial charge < -0.3 is 10.8 Å². The number of ketones is 1. The van der Waals surface area contributed by atoms with E-state index in [1.165, 1.54) is 0 Å². The molecule has 0 atom stereocenters. The summed E-state index contributed by atoms with van der Waals surface area (Å²) in [5, 5.41) is 9.99. The molecule has 0 saturated carbocycles. The van der Waals surface area contributed by atoms with Gasteiger partial charge in [-0.25, -0.2) is 0 Å². The zero-order valence-electron chi connectivity index (χ0n) is 16.0. The fourth-order valence-electron chi connectivity index (χ4n) is 2.91. The maximum absolute atomic E-state index is 12.0. The van der Waals surface area contributed by atoms with Crippen molar-refractivity contribution in [1.82, 2.24) is 0 Å². The molecular formula is C26H23NO2. The maximum atomic E-state index is 12.0. The van der Waals surface area contributed by atoms with Crippen LogP contribution in [-0.4, -0.2) is 10.9 Å². The summed E-state index contributed by atoms with van der Waals surface area (Å²) in [6.07, 6.45) is -0.516. The van der Waals surface area contributed by atoms with Crippen LogP contribution in [0.1, 0.15) is 33.2 Å². The summed E-state index contributed by atoms with van der Waals surface area (Å²) in [7, 11) is 0. The predicted octanol–water partition coefficient (Wildman–Crippen LogP) is 5.27. The Bertz CT molecular complexity index is 992. The fraction of sp³-hybridized carbons (Fsp3) is 0.0385. The number of carbonyl (C=O) groups is 1. The third kappa shape index (κ3) is 5.41. The minimum atomic E-state index is -0.516. The summed E-state index contributed by atoms with van der Waals surface area (Å²) in [6.45, 7) is 0. The van der Waals surface area contributed by atoms with Gasteiger partial charge in [0.15, 0.2) is 5.78 Å². The van der Waals surface area contributed by atoms with Gasteiger partial charge in [-0.2, -0.15) is 0 Å². The zero-order chi connectivity index (χ0) is 20.5. The van der Waals surface area contributed by atoms with Crippen LogP contribution in [0.25, 0.3) is 0 Å². The van der Waals surface area contributed by atoms with Crippen LogP contribution in [0.5, 0.6) is 0 Å². The van der Waals surface area contributed by atoms with Crippen LogP contribution in [0.15, 0.2) is 115 Å². The Labute approximate surface area is 171 Å². The normalized spacial score (nSPS) is 10.1. The summed E-state index contributed by atoms with van der Waals surface area (Å²) in [5.41, 5.74) is 9.34. The quantitative estimate of drug-likeness (QED) is 0.374. The van der Waals surface area contributed by atoms with Gasteiger partial charge in [-0.1, -0.05) is 103 Å². The minimum absolute atomic E-state index is 0.0336. The van der Waals surface area contributed by atoms with E-state index in [2.05, 4.69) is 0 Å². The van der Waals surface area contributed by atoms with E-state index in [4.69, 9.17) is 5.73 Å². The summed E-state index contributed by atoms with van der Waals surface area (Å²) in [5.74, 6) is -0.0336. The molecule has 4 aromatic carbocycles. The number of para-hydroxylation sites is 1. The van der Waals surface area contributed by atoms with Crippen molar-refractivity contribution in [3.63, 3.8) is 0 Å². The molecule has 4 aromatic rings. The van der Waals surface area contributed by atoms with E-state index in [0.717, 1.165) is 11.1 Å². The van der Waals surface area contributed by atoms with Crippen LogP contribution < -0.4 is 5.73 Å². The number of rotatable bonds is 4. The van der Waals surface area contributed by atoms with Crippen molar-refractivity contribution in [3.05, 3.63) is 138 Å². The first-order chi connectivity index (χ1) is 14.2. The van der Waals surface area contributed by atoms with E-state index < -0.39 is 6.10 Å². The average molecular weight is 381 g/mol. The van der Waals surface area contributed by atoms with Gasteiger partial charge in [0.2, 0.25) is 0 Å². The van der Waals surface area contributed by atoms with Crippen molar-refractivity contribution in [3.8, 4) is 0 Å². The van der Waals surface area contributed by atoms with E-state index in [1.54, 1.807) is 24.3 Å². The first-order valence-corrected chi connectivity index (χ1v) is 9.39. The lowest BCUT2D eigenvalue weighted by Crippen LogP contribution is -2.04. The summed E-state index contributed by atoms with van der Waals surface area (Å²) < 4.78 is 0. The molecule has 3 N–H and O–H groups in total. The highest BCUT2D eigenvalue weighted by Gasteiger charge is 2.10. The van der Waals surface area contributed by atoms with Gasteiger partial charge in [-0.15, -0.1) is 0 Å². The van der Waals surface area contributed by atoms with E-state index in [9.17, 15) is 9.90 Å². The third-order valence-corrected chi connectivity index (χ3v) is 4.47. The molecule has 0 saturated heterocycles. The molecule has 0 fully saturated rings. The number of aliphatic hydroxyl groups excluding tert-OH is 1. The zero-order valence-corrected chi connectivity index (χ0v) is 16.0. The van der Waals surface area contributed by atoms with Crippen molar-refractivity contribution in [2.75, 3.05) is 5.73 Å². The SMILES string of the molecule is Nc1ccccc1C(=O)c1ccccc1.OC(c1ccccc1)c1ccccc1. The Balaban J connectivity index is 0.000000166. The summed E-state index contributed by atoms with van der Waals surface area (Å²) in [4.78, 5) is 12.0. The molecule has 0 radical (unpaired) electrons. The fourth-order valence-corrected chi connectivity index (χ4v) is 2.91. The highest BCUT2D eigenvalue weighted by molar-refractivity contribution is 6.11. The number of carbonyl (C=O) groups excluding carboxylic acids is 1. The monoisotopic (exact) mass is 381 g/mol. The molecule has 144 valence electrons. The molecule has 0 amide bonds. The summed E-state index contributed by atoms with van der Waals surface area (Å²) >= 11 is 0. The van der Waals surface area contributed by atoms with Crippen molar-refractivity contribution >= 4 is 11.5 Å². The number of nitrogen functional groups attached to an aromatic ring is 1. The van der Waals surface area contributed by atoms with E-state index >= 15 is 0 Å². The lowest BCUT2D eigenvalue weighted by molar-refractivity contribution is 0.103. The second kappa shape index (κ2) is 10.0. The Morgan fingerprint density at radius 1 is 0.621 bits per heavy atom. The van der Waals surface area contributed by atoms with Crippen molar-refractivity contribution < 1.29 is 9.90 Å². The van der Waals surface area contributed by atoms with E-state index in [-0.39, 0.29) is 5.78 Å². The van der Waals surface area contributed by atoms with Gasteiger partial charge in [0, 0.05) is 16.8 Å². The van der Waals surface area contributed by atoms with Crippen LogP contribution in [0.4, 0.5) is 5.69 Å². The molecule has 0 aliphatic carbocycles. The molecule has 0 bridgehead atoms. The molecule has 0 unspecified atom stereocenters. The minimum Gasteiger partial charge on any atom is -0.398 e. The van der Waals surface area contributed by atoms with E-state index in [0.29, 0.717) is 16.8 Å². The van der Waals surface area contributed by atoms with Gasteiger partial charge in [0.25, 0.3) is 0 Å². The molecule has 0 aromatic heterocycles. The Morgan fingerprint density at radius 3 is 1.52 bits per heavy atom. The maximum Gasteiger partial charge on any atom is 0.195 e. The van der Waals surface area contributed by atoms with Gasteiger partial charge in [-0.3, -0.25) is 4.79 Å². The Morgan fingerprint density at radius 2 is 1.03 bits per heavy atom. The van der Waals surface area contributed by atoms with Gasteiger partial charge in [0.1, 0.15) is 6.10 Å². The number of hydrogen-bond donors (Lipinski definition) is 2. The molecule has 3 nitrogen and oxygen atoms in total. The highest BCUT2D eigenvalue weighted by Crippen LogP contribution is 2.20. The van der Waals surface area contributed by atoms with Crippen LogP contribution in [0, 0.1) is 0 Å². The molecule has 0 aliphatic rings. The Hall–Kier alpha value is -3.69. The van der Waals surface area contributed by atoms with E-state index in [1.807, 2.05) is 91.0 Å². The van der Waals surface area contributed by atoms with Crippen molar-refractivity contribution in [2.45, 2.75) is 6.10 Å². The van der Waals surface area contributed by atoms with Gasteiger partial charge >= 0.3 is 0 Å². The molecule has 4 rings (SSSR count). The third-order valence-electron chi connectivity index (χ3n) is 4.47. The van der Waals surface area contributed by atoms with Gasteiger partial charge in [-0.05, 0) is 23.3 Å². The smallest absolute Gasteiger partial charge is 0.195 e. The molecule has 29 heavy (non-hydrogen) atoms. The molecule has 0 heterocycles. The molecular weight excluding hydrogens is 358 g/mol. The topological polar surface area (TPSA) is 63.3 Å². The van der Waals surface area contributed by atoms with Gasteiger partial charge in [0.05, 0.1) is 0 Å². The van der Waals surface area contributed by atoms with Crippen LogP contribution in [-0.2, 0) is 0 Å². The first-order valence-electron chi connectivity index (χ1n) is 9.39. The van der Waals surface area contributed by atoms with Crippen molar-refractivity contribution in [2.24, 2.45) is 0 Å². The highest BCUT2D eigenvalue weighted by atomic mass is 16.3. The number of aliphatic hydroxyl groups is 1. The van der Waals surface area contributed by atoms with Crippen LogP contribution in [0.2, 0.25) is 0 Å². The second-order valence-corrected chi connectivity index (χ2v) is 6.51. The average Bonchev–Trinajstić information content (AvgIpc) is 2.81. The second-order valence-electron chi connectivity index (χ2n) is 6.51. The van der Waals surface area contributed by atoms with Crippen LogP contribution in [0.3, 0.4) is 0 Å². The largest absolute Gasteiger partial charge is 0.398 e.